The van der Waals surface area contributed by atoms with Crippen molar-refractivity contribution in [3.8, 4) is 22.9 Å². The summed E-state index contributed by atoms with van der Waals surface area (Å²) in [5, 5.41) is 14.1. The SMILES string of the molecule is CCCn1nc(C(=O)Oc2ccc(-c3ccc(C#N)cc3)cc2)c2ccccc2c1=O. The van der Waals surface area contributed by atoms with E-state index in [0.717, 1.165) is 17.5 Å². The molecule has 0 atom stereocenters. The molecule has 0 aliphatic carbocycles. The summed E-state index contributed by atoms with van der Waals surface area (Å²) in [5.74, 6) is -0.242. The zero-order valence-corrected chi connectivity index (χ0v) is 16.9. The number of hydrogen-bond donors (Lipinski definition) is 0. The summed E-state index contributed by atoms with van der Waals surface area (Å²) in [7, 11) is 0. The number of esters is 1. The molecule has 0 fully saturated rings. The number of carbonyl (C=O) groups is 1. The van der Waals surface area contributed by atoms with Crippen molar-refractivity contribution in [2.45, 2.75) is 19.9 Å². The van der Waals surface area contributed by atoms with Crippen molar-refractivity contribution in [1.82, 2.24) is 9.78 Å². The number of nitriles is 1. The van der Waals surface area contributed by atoms with Crippen molar-refractivity contribution >= 4 is 16.7 Å². The van der Waals surface area contributed by atoms with Crippen molar-refractivity contribution < 1.29 is 9.53 Å². The summed E-state index contributed by atoms with van der Waals surface area (Å²) in [6.07, 6.45) is 0.719. The Labute approximate surface area is 178 Å². The highest BCUT2D eigenvalue weighted by Crippen LogP contribution is 2.24. The number of aromatic nitrogens is 2. The van der Waals surface area contributed by atoms with Crippen molar-refractivity contribution in [3.05, 3.63) is 94.4 Å². The van der Waals surface area contributed by atoms with Gasteiger partial charge in [-0.2, -0.15) is 10.4 Å². The second-order valence-electron chi connectivity index (χ2n) is 7.03. The Bertz CT molecular complexity index is 1350. The Hall–Kier alpha value is -4.24. The molecule has 0 saturated carbocycles. The molecule has 3 aromatic carbocycles. The summed E-state index contributed by atoms with van der Waals surface area (Å²) in [4.78, 5) is 25.5. The standard InChI is InChI=1S/C25H19N3O3/c1-2-15-28-24(29)22-6-4-3-5-21(22)23(27-28)25(30)31-20-13-11-19(12-14-20)18-9-7-17(16-26)8-10-18/h3-14H,2,15H2,1H3. The zero-order chi connectivity index (χ0) is 21.8. The second-order valence-corrected chi connectivity index (χ2v) is 7.03. The van der Waals surface area contributed by atoms with Crippen molar-refractivity contribution in [1.29, 1.82) is 5.26 Å². The Morgan fingerprint density at radius 1 is 0.968 bits per heavy atom. The first kappa shape index (κ1) is 20.0. The van der Waals surface area contributed by atoms with Crippen LogP contribution in [0.5, 0.6) is 5.75 Å². The zero-order valence-electron chi connectivity index (χ0n) is 16.9. The quantitative estimate of drug-likeness (QED) is 0.356. The van der Waals surface area contributed by atoms with Crippen molar-refractivity contribution in [2.75, 3.05) is 0 Å². The molecule has 0 saturated heterocycles. The fraction of sp³-hybridized carbons (Fsp3) is 0.120. The summed E-state index contributed by atoms with van der Waals surface area (Å²) in [5.41, 5.74) is 2.37. The Balaban J connectivity index is 1.62. The minimum atomic E-state index is -0.618. The molecule has 0 unspecified atom stereocenters. The van der Waals surface area contributed by atoms with E-state index in [2.05, 4.69) is 11.2 Å². The third-order valence-corrected chi connectivity index (χ3v) is 4.91. The van der Waals surface area contributed by atoms with Crippen LogP contribution < -0.4 is 10.3 Å². The van der Waals surface area contributed by atoms with Crippen LogP contribution in [0.2, 0.25) is 0 Å². The maximum absolute atomic E-state index is 12.9. The fourth-order valence-corrected chi connectivity index (χ4v) is 3.36. The molecule has 152 valence electrons. The van der Waals surface area contributed by atoms with Crippen LogP contribution in [0, 0.1) is 11.3 Å². The van der Waals surface area contributed by atoms with Crippen LogP contribution in [-0.2, 0) is 6.54 Å². The van der Waals surface area contributed by atoms with E-state index in [1.54, 1.807) is 48.5 Å². The number of ether oxygens (including phenoxy) is 1. The molecule has 4 rings (SSSR count). The maximum Gasteiger partial charge on any atom is 0.364 e. The first-order valence-electron chi connectivity index (χ1n) is 9.93. The largest absolute Gasteiger partial charge is 0.422 e. The van der Waals surface area contributed by atoms with Gasteiger partial charge in [-0.15, -0.1) is 0 Å². The van der Waals surface area contributed by atoms with E-state index < -0.39 is 5.97 Å². The van der Waals surface area contributed by atoms with Gasteiger partial charge < -0.3 is 4.74 Å². The summed E-state index contributed by atoms with van der Waals surface area (Å²) in [6, 6.07) is 23.3. The molecule has 0 spiro atoms. The third kappa shape index (κ3) is 4.07. The average molecular weight is 409 g/mol. The number of carbonyl (C=O) groups excluding carboxylic acids is 1. The van der Waals surface area contributed by atoms with Crippen LogP contribution in [0.1, 0.15) is 29.4 Å². The number of benzene rings is 3. The molecule has 4 aromatic rings. The van der Waals surface area contributed by atoms with Gasteiger partial charge in [0.15, 0.2) is 5.69 Å². The molecule has 31 heavy (non-hydrogen) atoms. The average Bonchev–Trinajstić information content (AvgIpc) is 2.81. The summed E-state index contributed by atoms with van der Waals surface area (Å²) < 4.78 is 6.86. The fourth-order valence-electron chi connectivity index (χ4n) is 3.36. The molecule has 1 heterocycles. The normalized spacial score (nSPS) is 10.6. The lowest BCUT2D eigenvalue weighted by atomic mass is 10.0. The number of aryl methyl sites for hydroxylation is 1. The molecule has 0 radical (unpaired) electrons. The van der Waals surface area contributed by atoms with Gasteiger partial charge in [-0.05, 0) is 47.9 Å². The second kappa shape index (κ2) is 8.64. The van der Waals surface area contributed by atoms with Crippen LogP contribution >= 0.6 is 0 Å². The molecular weight excluding hydrogens is 390 g/mol. The van der Waals surface area contributed by atoms with Crippen LogP contribution in [-0.4, -0.2) is 15.7 Å². The third-order valence-electron chi connectivity index (χ3n) is 4.91. The molecule has 0 N–H and O–H groups in total. The Morgan fingerprint density at radius 3 is 2.19 bits per heavy atom. The highest BCUT2D eigenvalue weighted by molar-refractivity contribution is 6.02. The minimum absolute atomic E-state index is 0.111. The topological polar surface area (TPSA) is 85.0 Å². The summed E-state index contributed by atoms with van der Waals surface area (Å²) in [6.45, 7) is 2.36. The number of nitrogens with zero attached hydrogens (tertiary/aromatic N) is 3. The van der Waals surface area contributed by atoms with Crippen LogP contribution in [0.4, 0.5) is 0 Å². The number of rotatable bonds is 5. The monoisotopic (exact) mass is 409 g/mol. The van der Waals surface area contributed by atoms with E-state index in [1.807, 2.05) is 31.2 Å². The van der Waals surface area contributed by atoms with Crippen molar-refractivity contribution in [2.24, 2.45) is 0 Å². The molecule has 0 aliphatic rings. The van der Waals surface area contributed by atoms with Gasteiger partial charge in [0.2, 0.25) is 0 Å². The lowest BCUT2D eigenvalue weighted by Crippen LogP contribution is -2.27. The molecule has 0 bridgehead atoms. The van der Waals surface area contributed by atoms with Crippen LogP contribution in [0.15, 0.2) is 77.6 Å². The van der Waals surface area contributed by atoms with Gasteiger partial charge in [0.1, 0.15) is 5.75 Å². The Morgan fingerprint density at radius 2 is 1.58 bits per heavy atom. The number of hydrogen-bond acceptors (Lipinski definition) is 5. The van der Waals surface area contributed by atoms with Crippen LogP contribution in [0.3, 0.4) is 0 Å². The van der Waals surface area contributed by atoms with E-state index in [4.69, 9.17) is 10.00 Å². The molecule has 1 aromatic heterocycles. The summed E-state index contributed by atoms with van der Waals surface area (Å²) >= 11 is 0. The highest BCUT2D eigenvalue weighted by Gasteiger charge is 2.18. The molecule has 0 aliphatic heterocycles. The van der Waals surface area contributed by atoms with E-state index in [0.29, 0.717) is 28.6 Å². The molecule has 6 heteroatoms. The lowest BCUT2D eigenvalue weighted by Gasteiger charge is -2.10. The molecular formula is C25H19N3O3. The molecule has 6 nitrogen and oxygen atoms in total. The predicted molar refractivity (Wildman–Crippen MR) is 118 cm³/mol. The Kier molecular flexibility index (Phi) is 5.59. The van der Waals surface area contributed by atoms with Gasteiger partial charge in [0, 0.05) is 11.9 Å². The van der Waals surface area contributed by atoms with Crippen LogP contribution in [0.25, 0.3) is 21.9 Å². The minimum Gasteiger partial charge on any atom is -0.422 e. The van der Waals surface area contributed by atoms with E-state index in [-0.39, 0.29) is 11.3 Å². The van der Waals surface area contributed by atoms with E-state index in [9.17, 15) is 9.59 Å². The first-order chi connectivity index (χ1) is 15.1. The van der Waals surface area contributed by atoms with E-state index in [1.165, 1.54) is 4.68 Å². The van der Waals surface area contributed by atoms with Gasteiger partial charge >= 0.3 is 5.97 Å². The smallest absolute Gasteiger partial charge is 0.364 e. The van der Waals surface area contributed by atoms with Gasteiger partial charge in [-0.3, -0.25) is 4.79 Å². The van der Waals surface area contributed by atoms with Gasteiger partial charge in [-0.1, -0.05) is 49.4 Å². The first-order valence-corrected chi connectivity index (χ1v) is 9.93. The number of fused-ring (bicyclic) bond motifs is 1. The van der Waals surface area contributed by atoms with Gasteiger partial charge in [0.05, 0.1) is 17.0 Å². The van der Waals surface area contributed by atoms with E-state index >= 15 is 0 Å². The lowest BCUT2D eigenvalue weighted by molar-refractivity contribution is 0.0728. The maximum atomic E-state index is 12.9. The van der Waals surface area contributed by atoms with Gasteiger partial charge in [-0.25, -0.2) is 9.48 Å². The van der Waals surface area contributed by atoms with Gasteiger partial charge in [0.25, 0.3) is 5.56 Å². The molecule has 0 amide bonds. The predicted octanol–water partition coefficient (Wildman–Crippen LogP) is 4.56. The van der Waals surface area contributed by atoms with Crippen molar-refractivity contribution in [3.63, 3.8) is 0 Å². The highest BCUT2D eigenvalue weighted by atomic mass is 16.5.